The number of hydrogen-bond donors (Lipinski definition) is 6. The Hall–Kier alpha value is -2.26. The van der Waals surface area contributed by atoms with Crippen molar-refractivity contribution in [2.75, 3.05) is 11.9 Å². The van der Waals surface area contributed by atoms with Crippen LogP contribution in [0.2, 0.25) is 0 Å². The number of aromatic nitrogens is 1. The van der Waals surface area contributed by atoms with Gasteiger partial charge >= 0.3 is 0 Å². The Kier molecular flexibility index (Phi) is 5.68. The third-order valence-electron chi connectivity index (χ3n) is 3.81. The van der Waals surface area contributed by atoms with Gasteiger partial charge in [-0.3, -0.25) is 4.79 Å². The highest BCUT2D eigenvalue weighted by atomic mass is 16.4. The summed E-state index contributed by atoms with van der Waals surface area (Å²) in [6, 6.07) is 5.49. The van der Waals surface area contributed by atoms with Crippen molar-refractivity contribution in [3.63, 3.8) is 0 Å². The zero-order chi connectivity index (χ0) is 17.9. The molecule has 1 aromatic heterocycles. The Bertz CT molecular complexity index is 775. The lowest BCUT2D eigenvalue weighted by molar-refractivity contribution is -0.117. The molecule has 8 nitrogen and oxygen atoms in total. The fraction of sp³-hybridized carbons (Fsp3) is 0.375. The van der Waals surface area contributed by atoms with Crippen molar-refractivity contribution < 1.29 is 25.2 Å². The molecule has 0 bridgehead atoms. The second kappa shape index (κ2) is 7.54. The van der Waals surface area contributed by atoms with E-state index in [1.165, 1.54) is 0 Å². The van der Waals surface area contributed by atoms with Crippen LogP contribution < -0.4 is 10.9 Å². The Morgan fingerprint density at radius 2 is 1.92 bits per heavy atom. The number of carbonyl (C=O) groups excluding carboxylic acids is 1. The normalized spacial score (nSPS) is 16.4. The van der Waals surface area contributed by atoms with Crippen LogP contribution >= 0.6 is 0 Å². The van der Waals surface area contributed by atoms with Gasteiger partial charge in [-0.2, -0.15) is 0 Å². The SMILES string of the molecule is Cc1cc2ccc(N[C@H](C=O)[C@H](O)[C@@H](O)[C@@H](O)CO)cc2[nH]c1=O. The number of nitrogens with one attached hydrogen (secondary N) is 2. The number of aryl methyl sites for hydroxylation is 1. The highest BCUT2D eigenvalue weighted by Crippen LogP contribution is 2.18. The molecule has 1 heterocycles. The summed E-state index contributed by atoms with van der Waals surface area (Å²) < 4.78 is 0. The predicted octanol–water partition coefficient (Wildman–Crippen LogP) is -1.11. The highest BCUT2D eigenvalue weighted by Gasteiger charge is 2.31. The molecular weight excluding hydrogens is 316 g/mol. The average molecular weight is 336 g/mol. The van der Waals surface area contributed by atoms with Crippen molar-refractivity contribution in [1.82, 2.24) is 4.98 Å². The average Bonchev–Trinajstić information content (AvgIpc) is 2.58. The molecule has 2 aromatic rings. The second-order valence-electron chi connectivity index (χ2n) is 5.62. The predicted molar refractivity (Wildman–Crippen MR) is 87.9 cm³/mol. The molecule has 0 saturated heterocycles. The minimum atomic E-state index is -1.69. The molecule has 0 amide bonds. The first-order valence-corrected chi connectivity index (χ1v) is 7.38. The van der Waals surface area contributed by atoms with Crippen LogP contribution in [-0.4, -0.2) is 62.7 Å². The van der Waals surface area contributed by atoms with Gasteiger partial charge in [-0.05, 0) is 30.5 Å². The molecule has 24 heavy (non-hydrogen) atoms. The second-order valence-corrected chi connectivity index (χ2v) is 5.62. The van der Waals surface area contributed by atoms with Crippen LogP contribution in [0.1, 0.15) is 5.56 Å². The number of carbonyl (C=O) groups is 1. The molecular formula is C16H20N2O6. The lowest BCUT2D eigenvalue weighted by atomic mass is 10.0. The number of H-pyrrole nitrogens is 1. The van der Waals surface area contributed by atoms with Gasteiger partial charge < -0.3 is 35.5 Å². The van der Waals surface area contributed by atoms with Gasteiger partial charge in [-0.25, -0.2) is 0 Å². The van der Waals surface area contributed by atoms with E-state index < -0.39 is 31.0 Å². The topological polar surface area (TPSA) is 143 Å². The van der Waals surface area contributed by atoms with E-state index >= 15 is 0 Å². The van der Waals surface area contributed by atoms with Crippen molar-refractivity contribution in [1.29, 1.82) is 0 Å². The summed E-state index contributed by atoms with van der Waals surface area (Å²) in [7, 11) is 0. The first kappa shape index (κ1) is 18.1. The molecule has 0 saturated carbocycles. The zero-order valence-corrected chi connectivity index (χ0v) is 13.0. The first-order chi connectivity index (χ1) is 11.4. The summed E-state index contributed by atoms with van der Waals surface area (Å²) in [5.41, 5.74) is 1.33. The number of benzene rings is 1. The smallest absolute Gasteiger partial charge is 0.251 e. The number of pyridine rings is 1. The first-order valence-electron chi connectivity index (χ1n) is 7.38. The standard InChI is InChI=1S/C16H20N2O6/c1-8-4-9-2-3-10(5-11(9)18-16(8)24)17-12(6-19)14(22)15(23)13(21)7-20/h2-6,12-15,17,20-23H,7H2,1H3,(H,18,24)/t12-,13+,14+,15+/m1/s1. The molecule has 8 heteroatoms. The summed E-state index contributed by atoms with van der Waals surface area (Å²) in [5.74, 6) is 0. The molecule has 0 fully saturated rings. The maximum absolute atomic E-state index is 11.7. The number of anilines is 1. The maximum Gasteiger partial charge on any atom is 0.251 e. The van der Waals surface area contributed by atoms with Crippen molar-refractivity contribution in [3.05, 3.63) is 40.2 Å². The fourth-order valence-electron chi connectivity index (χ4n) is 2.34. The van der Waals surface area contributed by atoms with Crippen molar-refractivity contribution in [3.8, 4) is 0 Å². The third-order valence-corrected chi connectivity index (χ3v) is 3.81. The number of aliphatic hydroxyl groups is 4. The van der Waals surface area contributed by atoms with Crippen LogP contribution in [0.15, 0.2) is 29.1 Å². The van der Waals surface area contributed by atoms with Gasteiger partial charge in [0.2, 0.25) is 0 Å². The van der Waals surface area contributed by atoms with Gasteiger partial charge in [-0.15, -0.1) is 0 Å². The number of aldehydes is 1. The summed E-state index contributed by atoms with van der Waals surface area (Å²) in [4.78, 5) is 25.6. The third kappa shape index (κ3) is 3.80. The molecule has 0 unspecified atom stereocenters. The van der Waals surface area contributed by atoms with E-state index in [1.54, 1.807) is 31.2 Å². The van der Waals surface area contributed by atoms with E-state index in [1.807, 2.05) is 0 Å². The summed E-state index contributed by atoms with van der Waals surface area (Å²) >= 11 is 0. The van der Waals surface area contributed by atoms with Crippen molar-refractivity contribution >= 4 is 22.9 Å². The molecule has 0 spiro atoms. The van der Waals surface area contributed by atoms with E-state index in [-0.39, 0.29) is 5.56 Å². The zero-order valence-electron chi connectivity index (χ0n) is 13.0. The summed E-state index contributed by atoms with van der Waals surface area (Å²) in [6.07, 6.45) is -4.50. The van der Waals surface area contributed by atoms with E-state index in [2.05, 4.69) is 10.3 Å². The minimum absolute atomic E-state index is 0.229. The van der Waals surface area contributed by atoms with Gasteiger partial charge in [0.1, 0.15) is 30.6 Å². The quantitative estimate of drug-likeness (QED) is 0.352. The Morgan fingerprint density at radius 3 is 2.54 bits per heavy atom. The minimum Gasteiger partial charge on any atom is -0.394 e. The summed E-state index contributed by atoms with van der Waals surface area (Å²) in [6.45, 7) is 0.942. The monoisotopic (exact) mass is 336 g/mol. The molecule has 4 atom stereocenters. The highest BCUT2D eigenvalue weighted by molar-refractivity contribution is 5.83. The largest absolute Gasteiger partial charge is 0.394 e. The number of rotatable bonds is 7. The van der Waals surface area contributed by atoms with Crippen molar-refractivity contribution in [2.45, 2.75) is 31.3 Å². The molecule has 130 valence electrons. The Morgan fingerprint density at radius 1 is 1.21 bits per heavy atom. The van der Waals surface area contributed by atoms with Crippen LogP contribution in [0.4, 0.5) is 5.69 Å². The Labute approximate surface area is 137 Å². The fourth-order valence-corrected chi connectivity index (χ4v) is 2.34. The molecule has 1 aromatic carbocycles. The van der Waals surface area contributed by atoms with Gasteiger partial charge in [0.25, 0.3) is 5.56 Å². The number of aliphatic hydroxyl groups excluding tert-OH is 4. The molecule has 0 aliphatic carbocycles. The summed E-state index contributed by atoms with van der Waals surface area (Å²) in [5, 5.41) is 41.3. The molecule has 6 N–H and O–H groups in total. The van der Waals surface area contributed by atoms with E-state index in [9.17, 15) is 24.9 Å². The van der Waals surface area contributed by atoms with E-state index in [0.717, 1.165) is 5.39 Å². The van der Waals surface area contributed by atoms with Gasteiger partial charge in [0.05, 0.1) is 12.1 Å². The van der Waals surface area contributed by atoms with Crippen LogP contribution in [0.3, 0.4) is 0 Å². The molecule has 0 aliphatic heterocycles. The van der Waals surface area contributed by atoms with Gasteiger partial charge in [0.15, 0.2) is 0 Å². The maximum atomic E-state index is 11.7. The van der Waals surface area contributed by atoms with Gasteiger partial charge in [-0.1, -0.05) is 6.07 Å². The number of hydrogen-bond acceptors (Lipinski definition) is 7. The molecule has 0 aliphatic rings. The van der Waals surface area contributed by atoms with Gasteiger partial charge in [0, 0.05) is 11.3 Å². The van der Waals surface area contributed by atoms with Crippen LogP contribution in [0.5, 0.6) is 0 Å². The molecule has 0 radical (unpaired) electrons. The molecule has 2 rings (SSSR count). The Balaban J connectivity index is 2.24. The van der Waals surface area contributed by atoms with Crippen molar-refractivity contribution in [2.24, 2.45) is 0 Å². The lowest BCUT2D eigenvalue weighted by Crippen LogP contribution is -2.49. The van der Waals surface area contributed by atoms with Crippen LogP contribution in [0, 0.1) is 6.92 Å². The lowest BCUT2D eigenvalue weighted by Gasteiger charge is -2.26. The number of aromatic amines is 1. The van der Waals surface area contributed by atoms with E-state index in [0.29, 0.717) is 23.1 Å². The van der Waals surface area contributed by atoms with Crippen LogP contribution in [0.25, 0.3) is 10.9 Å². The number of fused-ring (bicyclic) bond motifs is 1. The van der Waals surface area contributed by atoms with Crippen LogP contribution in [-0.2, 0) is 4.79 Å². The van der Waals surface area contributed by atoms with E-state index in [4.69, 9.17) is 5.11 Å².